The van der Waals surface area contributed by atoms with E-state index in [0.717, 1.165) is 4.47 Å². The number of aromatic nitrogens is 2. The smallest absolute Gasteiger partial charge is 0.349 e. The molecule has 6 heteroatoms. The molecule has 0 unspecified atom stereocenters. The highest BCUT2D eigenvalue weighted by atomic mass is 79.9. The lowest BCUT2D eigenvalue weighted by Crippen LogP contribution is -2.27. The Morgan fingerprint density at radius 2 is 2.00 bits per heavy atom. The van der Waals surface area contributed by atoms with Gasteiger partial charge in [0.15, 0.2) is 5.78 Å². The first-order valence-corrected chi connectivity index (χ1v) is 6.49. The summed E-state index contributed by atoms with van der Waals surface area (Å²) in [5, 5.41) is 0. The molecule has 0 aliphatic heterocycles. The van der Waals surface area contributed by atoms with Gasteiger partial charge in [-0.3, -0.25) is 9.36 Å². The Labute approximate surface area is 118 Å². The number of nitrogens with two attached hydrogens (primary N) is 1. The molecule has 19 heavy (non-hydrogen) atoms. The zero-order chi connectivity index (χ0) is 14.0. The molecule has 0 aliphatic carbocycles. The van der Waals surface area contributed by atoms with E-state index in [2.05, 4.69) is 20.9 Å². The molecule has 0 saturated heterocycles. The highest BCUT2D eigenvalue weighted by molar-refractivity contribution is 9.10. The van der Waals surface area contributed by atoms with E-state index in [4.69, 9.17) is 5.73 Å². The molecule has 0 spiro atoms. The number of hydrogen-bond acceptors (Lipinski definition) is 4. The molecule has 5 nitrogen and oxygen atoms in total. The van der Waals surface area contributed by atoms with Crippen LogP contribution in [-0.4, -0.2) is 15.3 Å². The van der Waals surface area contributed by atoms with Crippen LogP contribution in [0.5, 0.6) is 0 Å². The van der Waals surface area contributed by atoms with Crippen molar-refractivity contribution in [1.29, 1.82) is 0 Å². The van der Waals surface area contributed by atoms with Crippen molar-refractivity contribution in [3.05, 3.63) is 56.5 Å². The number of carbonyl (C=O) groups excluding carboxylic acids is 1. The van der Waals surface area contributed by atoms with E-state index >= 15 is 0 Å². The van der Waals surface area contributed by atoms with Crippen molar-refractivity contribution in [2.24, 2.45) is 0 Å². The maximum absolute atomic E-state index is 12.3. The topological polar surface area (TPSA) is 78.0 Å². The molecule has 2 rings (SSSR count). The summed E-state index contributed by atoms with van der Waals surface area (Å²) in [7, 11) is 0. The second-order valence-electron chi connectivity index (χ2n) is 3.92. The molecule has 0 fully saturated rings. The summed E-state index contributed by atoms with van der Waals surface area (Å²) < 4.78 is 2.15. The fourth-order valence-corrected chi connectivity index (χ4v) is 2.01. The minimum atomic E-state index is -0.452. The van der Waals surface area contributed by atoms with Crippen LogP contribution in [0.25, 0.3) is 0 Å². The third-order valence-corrected chi connectivity index (χ3v) is 3.30. The predicted molar refractivity (Wildman–Crippen MR) is 76.2 cm³/mol. The SMILES string of the molecule is CCn1c(N)c(C(=O)c2ccc(Br)cc2)cnc1=O. The van der Waals surface area contributed by atoms with E-state index in [1.807, 2.05) is 0 Å². The van der Waals surface area contributed by atoms with Gasteiger partial charge in [-0.2, -0.15) is 0 Å². The second kappa shape index (κ2) is 5.36. The number of nitrogen functional groups attached to an aromatic ring is 1. The summed E-state index contributed by atoms with van der Waals surface area (Å²) in [5.41, 5.74) is 6.14. The van der Waals surface area contributed by atoms with Crippen molar-refractivity contribution in [3.8, 4) is 0 Å². The summed E-state index contributed by atoms with van der Waals surface area (Å²) in [6.07, 6.45) is 1.23. The number of halogens is 1. The van der Waals surface area contributed by atoms with E-state index in [1.165, 1.54) is 10.8 Å². The van der Waals surface area contributed by atoms with E-state index in [0.29, 0.717) is 12.1 Å². The lowest BCUT2D eigenvalue weighted by Gasteiger charge is -2.10. The number of benzene rings is 1. The van der Waals surface area contributed by atoms with E-state index in [1.54, 1.807) is 31.2 Å². The lowest BCUT2D eigenvalue weighted by molar-refractivity contribution is 0.103. The molecule has 0 aliphatic rings. The number of ketones is 1. The van der Waals surface area contributed by atoms with Crippen molar-refractivity contribution in [1.82, 2.24) is 9.55 Å². The standard InChI is InChI=1S/C13H12BrN3O2/c1-2-17-12(15)10(7-16-13(17)19)11(18)8-3-5-9(14)6-4-8/h3-7H,2,15H2,1H3. The van der Waals surface area contributed by atoms with Gasteiger partial charge in [-0.15, -0.1) is 0 Å². The maximum atomic E-state index is 12.3. The van der Waals surface area contributed by atoms with E-state index in [9.17, 15) is 9.59 Å². The van der Waals surface area contributed by atoms with Crippen LogP contribution >= 0.6 is 15.9 Å². The highest BCUT2D eigenvalue weighted by Crippen LogP contribution is 2.16. The molecule has 1 aromatic heterocycles. The van der Waals surface area contributed by atoms with Crippen LogP contribution < -0.4 is 11.4 Å². The molecule has 1 heterocycles. The van der Waals surface area contributed by atoms with Crippen LogP contribution in [0.4, 0.5) is 5.82 Å². The quantitative estimate of drug-likeness (QED) is 0.875. The van der Waals surface area contributed by atoms with Gasteiger partial charge in [0.1, 0.15) is 5.82 Å². The zero-order valence-electron chi connectivity index (χ0n) is 10.3. The summed E-state index contributed by atoms with van der Waals surface area (Å²) in [6.45, 7) is 2.15. The van der Waals surface area contributed by atoms with Gasteiger partial charge in [-0.1, -0.05) is 15.9 Å². The van der Waals surface area contributed by atoms with E-state index < -0.39 is 5.69 Å². The third-order valence-electron chi connectivity index (χ3n) is 2.77. The van der Waals surface area contributed by atoms with Crippen molar-refractivity contribution < 1.29 is 4.79 Å². The molecule has 98 valence electrons. The van der Waals surface area contributed by atoms with Gasteiger partial charge in [-0.05, 0) is 31.2 Å². The number of nitrogens with zero attached hydrogens (tertiary/aromatic N) is 2. The molecular formula is C13H12BrN3O2. The van der Waals surface area contributed by atoms with Crippen molar-refractivity contribution in [2.45, 2.75) is 13.5 Å². The van der Waals surface area contributed by atoms with Crippen LogP contribution in [0.3, 0.4) is 0 Å². The van der Waals surface area contributed by atoms with Crippen molar-refractivity contribution >= 4 is 27.5 Å². The number of anilines is 1. The molecule has 0 atom stereocenters. The molecule has 0 saturated carbocycles. The third kappa shape index (κ3) is 2.58. The zero-order valence-corrected chi connectivity index (χ0v) is 11.8. The average Bonchev–Trinajstić information content (AvgIpc) is 2.39. The second-order valence-corrected chi connectivity index (χ2v) is 4.84. The molecule has 0 amide bonds. The predicted octanol–water partition coefficient (Wildman–Crippen LogP) is 1.84. The Balaban J connectivity index is 2.50. The number of rotatable bonds is 3. The van der Waals surface area contributed by atoms with Crippen molar-refractivity contribution in [3.63, 3.8) is 0 Å². The Hall–Kier alpha value is -1.95. The Morgan fingerprint density at radius 3 is 2.58 bits per heavy atom. The summed E-state index contributed by atoms with van der Waals surface area (Å²) in [5.74, 6) is -0.102. The maximum Gasteiger partial charge on any atom is 0.349 e. The first-order chi connectivity index (χ1) is 9.04. The molecule has 0 bridgehead atoms. The lowest BCUT2D eigenvalue weighted by atomic mass is 10.1. The fraction of sp³-hybridized carbons (Fsp3) is 0.154. The first kappa shape index (κ1) is 13.5. The van der Waals surface area contributed by atoms with Crippen LogP contribution in [0, 0.1) is 0 Å². The first-order valence-electron chi connectivity index (χ1n) is 5.70. The molecule has 1 aromatic carbocycles. The normalized spacial score (nSPS) is 10.4. The van der Waals surface area contributed by atoms with Crippen LogP contribution in [0.1, 0.15) is 22.8 Å². The molecule has 0 radical (unpaired) electrons. The van der Waals surface area contributed by atoms with Gasteiger partial charge >= 0.3 is 5.69 Å². The van der Waals surface area contributed by atoms with Gasteiger partial charge in [0.25, 0.3) is 0 Å². The van der Waals surface area contributed by atoms with E-state index in [-0.39, 0.29) is 17.2 Å². The molecular weight excluding hydrogens is 310 g/mol. The van der Waals surface area contributed by atoms with Crippen LogP contribution in [0.15, 0.2) is 39.7 Å². The minimum absolute atomic E-state index is 0.149. The largest absolute Gasteiger partial charge is 0.384 e. The summed E-state index contributed by atoms with van der Waals surface area (Å²) in [6, 6.07) is 6.92. The summed E-state index contributed by atoms with van der Waals surface area (Å²) in [4.78, 5) is 27.5. The number of hydrogen-bond donors (Lipinski definition) is 1. The average molecular weight is 322 g/mol. The Bertz CT molecular complexity index is 677. The molecule has 2 N–H and O–H groups in total. The highest BCUT2D eigenvalue weighted by Gasteiger charge is 2.16. The van der Waals surface area contributed by atoms with Crippen LogP contribution in [-0.2, 0) is 6.54 Å². The minimum Gasteiger partial charge on any atom is -0.384 e. The fourth-order valence-electron chi connectivity index (χ4n) is 1.74. The van der Waals surface area contributed by atoms with Gasteiger partial charge in [0.2, 0.25) is 0 Å². The number of carbonyl (C=O) groups is 1. The monoisotopic (exact) mass is 321 g/mol. The van der Waals surface area contributed by atoms with Gasteiger partial charge < -0.3 is 5.73 Å². The van der Waals surface area contributed by atoms with Crippen LogP contribution in [0.2, 0.25) is 0 Å². The van der Waals surface area contributed by atoms with Gasteiger partial charge in [0, 0.05) is 22.8 Å². The Morgan fingerprint density at radius 1 is 1.37 bits per heavy atom. The molecule has 2 aromatic rings. The van der Waals surface area contributed by atoms with Crippen molar-refractivity contribution in [2.75, 3.05) is 5.73 Å². The summed E-state index contributed by atoms with van der Waals surface area (Å²) >= 11 is 3.30. The van der Waals surface area contributed by atoms with Gasteiger partial charge in [0.05, 0.1) is 5.56 Å². The van der Waals surface area contributed by atoms with Gasteiger partial charge in [-0.25, -0.2) is 9.78 Å². The Kier molecular flexibility index (Phi) is 3.80.